The Balaban J connectivity index is 1.50. The van der Waals surface area contributed by atoms with Crippen LogP contribution in [-0.2, 0) is 11.3 Å². The molecule has 1 aliphatic carbocycles. The monoisotopic (exact) mass is 424 g/mol. The average Bonchev–Trinajstić information content (AvgIpc) is 3.11. The fourth-order valence-corrected chi connectivity index (χ4v) is 4.85. The molecule has 9 heteroatoms. The summed E-state index contributed by atoms with van der Waals surface area (Å²) < 4.78 is 0.998. The lowest BCUT2D eigenvalue weighted by Gasteiger charge is -2.26. The van der Waals surface area contributed by atoms with Crippen LogP contribution in [0.25, 0.3) is 10.9 Å². The van der Waals surface area contributed by atoms with Crippen molar-refractivity contribution in [2.75, 3.05) is 12.3 Å². The summed E-state index contributed by atoms with van der Waals surface area (Å²) in [4.78, 5) is 27.0. The first kappa shape index (κ1) is 18.7. The van der Waals surface area contributed by atoms with Crippen molar-refractivity contribution in [3.05, 3.63) is 34.7 Å². The molecule has 0 atom stereocenters. The van der Waals surface area contributed by atoms with Crippen LogP contribution in [0.15, 0.2) is 34.7 Å². The summed E-state index contributed by atoms with van der Waals surface area (Å²) in [6.07, 6.45) is 2.47. The minimum atomic E-state index is -0.735. The van der Waals surface area contributed by atoms with Gasteiger partial charge in [0, 0.05) is 11.9 Å². The van der Waals surface area contributed by atoms with Crippen LogP contribution in [0, 0.1) is 0 Å². The Hall–Kier alpha value is -1.70. The number of fused-ring (bicyclic) bond motifs is 1. The first-order chi connectivity index (χ1) is 12.9. The third-order valence-electron chi connectivity index (χ3n) is 4.98. The summed E-state index contributed by atoms with van der Waals surface area (Å²) in [5.41, 5.74) is 7.81. The Labute approximate surface area is 170 Å². The number of allylic oxidation sites excluding steroid dienone is 1. The maximum absolute atomic E-state index is 12.8. The first-order valence-corrected chi connectivity index (χ1v) is 10.3. The quantitative estimate of drug-likeness (QED) is 0.585. The largest absolute Gasteiger partial charge is 0.382 e. The van der Waals surface area contributed by atoms with Gasteiger partial charge in [0.2, 0.25) is 0 Å². The SMILES string of the molecule is Nc1nn(CCN2C(=O)SC(=C3CCC(Cl)(Cl)CC3)C2=O)c2ccccc12. The number of hydrogen-bond donors (Lipinski definition) is 1. The molecule has 2 N–H and O–H groups in total. The van der Waals surface area contributed by atoms with E-state index in [0.29, 0.717) is 43.0 Å². The van der Waals surface area contributed by atoms with Crippen LogP contribution in [0.5, 0.6) is 0 Å². The van der Waals surface area contributed by atoms with Crippen molar-refractivity contribution in [1.82, 2.24) is 14.7 Å². The highest BCUT2D eigenvalue weighted by Crippen LogP contribution is 2.44. The predicted octanol–water partition coefficient (Wildman–Crippen LogP) is 4.32. The zero-order valence-electron chi connectivity index (χ0n) is 14.5. The molecule has 2 amide bonds. The minimum Gasteiger partial charge on any atom is -0.382 e. The van der Waals surface area contributed by atoms with Gasteiger partial charge < -0.3 is 5.73 Å². The first-order valence-electron chi connectivity index (χ1n) is 8.70. The average molecular weight is 425 g/mol. The zero-order valence-corrected chi connectivity index (χ0v) is 16.8. The number of rotatable bonds is 3. The van der Waals surface area contributed by atoms with Crippen LogP contribution in [-0.4, -0.2) is 36.7 Å². The Morgan fingerprint density at radius 1 is 1.15 bits per heavy atom. The highest BCUT2D eigenvalue weighted by atomic mass is 35.5. The van der Waals surface area contributed by atoms with Crippen LogP contribution in [0.1, 0.15) is 25.7 Å². The number of aromatic nitrogens is 2. The second-order valence-corrected chi connectivity index (χ2v) is 9.34. The van der Waals surface area contributed by atoms with Gasteiger partial charge in [0.25, 0.3) is 11.1 Å². The smallest absolute Gasteiger partial charge is 0.293 e. The van der Waals surface area contributed by atoms with E-state index in [4.69, 9.17) is 28.9 Å². The van der Waals surface area contributed by atoms with E-state index in [9.17, 15) is 9.59 Å². The molecule has 6 nitrogen and oxygen atoms in total. The molecule has 0 bridgehead atoms. The number of hydrogen-bond acceptors (Lipinski definition) is 5. The van der Waals surface area contributed by atoms with Crippen LogP contribution in [0.4, 0.5) is 10.6 Å². The van der Waals surface area contributed by atoms with Gasteiger partial charge in [-0.25, -0.2) is 0 Å². The van der Waals surface area contributed by atoms with Gasteiger partial charge in [-0.15, -0.1) is 23.2 Å². The molecule has 0 unspecified atom stereocenters. The molecule has 2 aromatic rings. The number of nitrogen functional groups attached to an aromatic ring is 1. The summed E-state index contributed by atoms with van der Waals surface area (Å²) in [5, 5.41) is 4.94. The van der Waals surface area contributed by atoms with Crippen molar-refractivity contribution in [3.63, 3.8) is 0 Å². The van der Waals surface area contributed by atoms with Gasteiger partial charge in [-0.1, -0.05) is 17.7 Å². The topological polar surface area (TPSA) is 81.2 Å². The highest BCUT2D eigenvalue weighted by Gasteiger charge is 2.39. The number of anilines is 1. The second-order valence-electron chi connectivity index (χ2n) is 6.74. The molecule has 0 radical (unpaired) electrons. The molecule has 1 aliphatic heterocycles. The van der Waals surface area contributed by atoms with Crippen molar-refractivity contribution in [2.24, 2.45) is 0 Å². The van der Waals surface area contributed by atoms with Crippen molar-refractivity contribution in [3.8, 4) is 0 Å². The van der Waals surface area contributed by atoms with E-state index in [-0.39, 0.29) is 17.7 Å². The number of nitrogens with zero attached hydrogens (tertiary/aromatic N) is 3. The van der Waals surface area contributed by atoms with Gasteiger partial charge in [-0.3, -0.25) is 19.2 Å². The molecular weight excluding hydrogens is 407 g/mol. The Morgan fingerprint density at radius 3 is 2.59 bits per heavy atom. The van der Waals surface area contributed by atoms with E-state index in [1.807, 2.05) is 24.3 Å². The molecule has 2 heterocycles. The van der Waals surface area contributed by atoms with Crippen molar-refractivity contribution >= 4 is 62.8 Å². The molecule has 1 aromatic carbocycles. The number of alkyl halides is 2. The highest BCUT2D eigenvalue weighted by molar-refractivity contribution is 8.18. The molecule has 0 spiro atoms. The maximum Gasteiger partial charge on any atom is 0.293 e. The van der Waals surface area contributed by atoms with Gasteiger partial charge in [-0.2, -0.15) is 5.10 Å². The van der Waals surface area contributed by atoms with Gasteiger partial charge in [0.05, 0.1) is 17.0 Å². The second kappa shape index (κ2) is 7.04. The van der Waals surface area contributed by atoms with Gasteiger partial charge in [-0.05, 0) is 49.6 Å². The number of thioether (sulfide) groups is 1. The van der Waals surface area contributed by atoms with E-state index in [2.05, 4.69) is 5.10 Å². The molecule has 142 valence electrons. The third-order valence-corrected chi connectivity index (χ3v) is 6.80. The lowest BCUT2D eigenvalue weighted by Crippen LogP contribution is -2.32. The lowest BCUT2D eigenvalue weighted by molar-refractivity contribution is -0.123. The Bertz CT molecular complexity index is 957. The zero-order chi connectivity index (χ0) is 19.2. The lowest BCUT2D eigenvalue weighted by atomic mass is 9.93. The van der Waals surface area contributed by atoms with E-state index < -0.39 is 4.33 Å². The summed E-state index contributed by atoms with van der Waals surface area (Å²) in [6.45, 7) is 0.645. The minimum absolute atomic E-state index is 0.235. The van der Waals surface area contributed by atoms with Gasteiger partial charge in [0.15, 0.2) is 5.82 Å². The van der Waals surface area contributed by atoms with Crippen molar-refractivity contribution in [2.45, 2.75) is 36.6 Å². The Morgan fingerprint density at radius 2 is 1.85 bits per heavy atom. The van der Waals surface area contributed by atoms with Crippen LogP contribution in [0.2, 0.25) is 0 Å². The number of benzene rings is 1. The molecule has 4 rings (SSSR count). The van der Waals surface area contributed by atoms with E-state index in [0.717, 1.165) is 28.2 Å². The number of carbonyl (C=O) groups is 2. The fraction of sp³-hybridized carbons (Fsp3) is 0.389. The van der Waals surface area contributed by atoms with Crippen molar-refractivity contribution < 1.29 is 9.59 Å². The van der Waals surface area contributed by atoms with E-state index in [1.54, 1.807) is 4.68 Å². The van der Waals surface area contributed by atoms with E-state index in [1.165, 1.54) is 4.90 Å². The number of imide groups is 1. The fourth-order valence-electron chi connectivity index (χ4n) is 3.47. The number of nitrogens with two attached hydrogens (primary N) is 1. The summed E-state index contributed by atoms with van der Waals surface area (Å²) >= 11 is 13.3. The normalized spacial score (nSPS) is 20.1. The number of halogens is 2. The standard InChI is InChI=1S/C18H18Cl2N4O2S/c19-18(20)7-5-11(6-8-18)14-16(25)23(17(26)27-14)9-10-24-13-4-2-1-3-12(13)15(21)22-24/h1-4H,5-10H2,(H2,21,22). The summed E-state index contributed by atoms with van der Waals surface area (Å²) in [7, 11) is 0. The molecule has 1 aromatic heterocycles. The molecular formula is C18H18Cl2N4O2S. The summed E-state index contributed by atoms with van der Waals surface area (Å²) in [5.74, 6) is 0.204. The van der Waals surface area contributed by atoms with Crippen LogP contribution < -0.4 is 5.73 Å². The van der Waals surface area contributed by atoms with Crippen LogP contribution >= 0.6 is 35.0 Å². The van der Waals surface area contributed by atoms with Crippen molar-refractivity contribution in [1.29, 1.82) is 0 Å². The third kappa shape index (κ3) is 3.56. The maximum atomic E-state index is 12.8. The predicted molar refractivity (Wildman–Crippen MR) is 109 cm³/mol. The molecule has 1 saturated heterocycles. The molecule has 1 saturated carbocycles. The van der Waals surface area contributed by atoms with E-state index >= 15 is 0 Å². The summed E-state index contributed by atoms with van der Waals surface area (Å²) in [6, 6.07) is 7.62. The van der Waals surface area contributed by atoms with Gasteiger partial charge in [0.1, 0.15) is 4.33 Å². The molecule has 2 aliphatic rings. The van der Waals surface area contributed by atoms with Gasteiger partial charge >= 0.3 is 0 Å². The number of carbonyl (C=O) groups excluding carboxylic acids is 2. The Kier molecular flexibility index (Phi) is 4.86. The number of amides is 2. The number of para-hydroxylation sites is 1. The van der Waals surface area contributed by atoms with Crippen LogP contribution in [0.3, 0.4) is 0 Å². The molecule has 27 heavy (non-hydrogen) atoms. The molecule has 2 fully saturated rings.